The first-order valence-corrected chi connectivity index (χ1v) is 13.2. The Morgan fingerprint density at radius 3 is 2.49 bits per heavy atom. The van der Waals surface area contributed by atoms with Crippen molar-refractivity contribution in [3.63, 3.8) is 0 Å². The van der Waals surface area contributed by atoms with E-state index >= 15 is 0 Å². The lowest BCUT2D eigenvalue weighted by Gasteiger charge is -2.10. The van der Waals surface area contributed by atoms with Crippen LogP contribution in [0.3, 0.4) is 0 Å². The fourth-order valence-electron chi connectivity index (χ4n) is 5.16. The van der Waals surface area contributed by atoms with E-state index in [1.54, 1.807) is 7.11 Å². The van der Waals surface area contributed by atoms with Crippen LogP contribution in [0.15, 0.2) is 91.3 Å². The van der Waals surface area contributed by atoms with Crippen LogP contribution < -0.4 is 9.47 Å². The molecule has 6 aromatic rings. The lowest BCUT2D eigenvalue weighted by molar-refractivity contribution is 0.301. The number of benzene rings is 3. The number of aromatic nitrogens is 5. The predicted octanol–water partition coefficient (Wildman–Crippen LogP) is 6.36. The summed E-state index contributed by atoms with van der Waals surface area (Å²) in [5, 5.41) is 11.0. The third-order valence-electron chi connectivity index (χ3n) is 7.09. The normalized spacial score (nSPS) is 11.3. The molecule has 196 valence electrons. The lowest BCUT2D eigenvalue weighted by Crippen LogP contribution is -2.02. The number of ether oxygens (including phenoxy) is 2. The molecule has 6 rings (SSSR count). The van der Waals surface area contributed by atoms with E-state index in [9.17, 15) is 0 Å². The van der Waals surface area contributed by atoms with E-state index in [-0.39, 0.29) is 0 Å². The molecule has 3 aromatic carbocycles. The fraction of sp³-hybridized carbons (Fsp3) is 0.219. The van der Waals surface area contributed by atoms with Crippen LogP contribution in [-0.4, -0.2) is 31.7 Å². The minimum Gasteiger partial charge on any atom is -0.497 e. The first kappa shape index (κ1) is 24.7. The van der Waals surface area contributed by atoms with Gasteiger partial charge in [-0.3, -0.25) is 4.98 Å². The molecule has 0 bridgehead atoms. The lowest BCUT2D eigenvalue weighted by atomic mass is 10.1. The maximum absolute atomic E-state index is 6.19. The van der Waals surface area contributed by atoms with Crippen molar-refractivity contribution in [2.75, 3.05) is 7.11 Å². The molecule has 7 nitrogen and oxygen atoms in total. The number of aryl methyl sites for hydroxylation is 3. The van der Waals surface area contributed by atoms with Crippen LogP contribution in [0, 0.1) is 6.92 Å². The van der Waals surface area contributed by atoms with Crippen molar-refractivity contribution in [1.82, 2.24) is 24.5 Å². The molecule has 0 aliphatic rings. The Labute approximate surface area is 227 Å². The summed E-state index contributed by atoms with van der Waals surface area (Å²) in [5.74, 6) is 1.65. The molecular weight excluding hydrogens is 486 g/mol. The molecule has 39 heavy (non-hydrogen) atoms. The number of rotatable bonds is 10. The van der Waals surface area contributed by atoms with E-state index in [4.69, 9.17) is 9.47 Å². The molecule has 3 aromatic heterocycles. The van der Waals surface area contributed by atoms with E-state index < -0.39 is 0 Å². The largest absolute Gasteiger partial charge is 0.497 e. The molecule has 0 saturated carbocycles. The maximum atomic E-state index is 6.19. The third-order valence-corrected chi connectivity index (χ3v) is 7.09. The van der Waals surface area contributed by atoms with Gasteiger partial charge in [0.25, 0.3) is 0 Å². The van der Waals surface area contributed by atoms with Gasteiger partial charge in [-0.1, -0.05) is 47.7 Å². The molecule has 0 amide bonds. The van der Waals surface area contributed by atoms with E-state index in [0.717, 1.165) is 53.4 Å². The van der Waals surface area contributed by atoms with Crippen molar-refractivity contribution in [3.8, 4) is 11.5 Å². The molecule has 0 N–H and O–H groups in total. The van der Waals surface area contributed by atoms with Gasteiger partial charge in [0.05, 0.1) is 36.6 Å². The van der Waals surface area contributed by atoms with E-state index in [1.807, 2.05) is 47.4 Å². The van der Waals surface area contributed by atoms with E-state index in [0.29, 0.717) is 13.2 Å². The van der Waals surface area contributed by atoms with Crippen LogP contribution in [0.1, 0.15) is 28.9 Å². The van der Waals surface area contributed by atoms with Gasteiger partial charge in [0.2, 0.25) is 0 Å². The molecule has 0 fully saturated rings. The molecule has 0 aliphatic carbocycles. The van der Waals surface area contributed by atoms with Crippen LogP contribution in [0.5, 0.6) is 11.5 Å². The Hall–Kier alpha value is -4.65. The van der Waals surface area contributed by atoms with Gasteiger partial charge >= 0.3 is 0 Å². The fourth-order valence-corrected chi connectivity index (χ4v) is 5.16. The van der Waals surface area contributed by atoms with Crippen LogP contribution in [0.4, 0.5) is 0 Å². The highest BCUT2D eigenvalue weighted by molar-refractivity contribution is 6.09. The number of pyridine rings is 1. The molecule has 0 unspecified atom stereocenters. The average Bonchev–Trinajstić information content (AvgIpc) is 3.55. The summed E-state index contributed by atoms with van der Waals surface area (Å²) in [7, 11) is 1.67. The second-order valence-electron chi connectivity index (χ2n) is 9.76. The first-order valence-electron chi connectivity index (χ1n) is 13.2. The molecular formula is C32H31N5O2. The van der Waals surface area contributed by atoms with Gasteiger partial charge < -0.3 is 14.0 Å². The highest BCUT2D eigenvalue weighted by atomic mass is 16.5. The number of hydrogen-bond acceptors (Lipinski definition) is 5. The van der Waals surface area contributed by atoms with Crippen molar-refractivity contribution < 1.29 is 9.47 Å². The van der Waals surface area contributed by atoms with Crippen molar-refractivity contribution in [3.05, 3.63) is 114 Å². The molecule has 7 heteroatoms. The molecule has 0 radical (unpaired) electrons. The third kappa shape index (κ3) is 5.34. The second kappa shape index (κ2) is 11.0. The predicted molar refractivity (Wildman–Crippen MR) is 153 cm³/mol. The van der Waals surface area contributed by atoms with Gasteiger partial charge in [-0.05, 0) is 61.2 Å². The Morgan fingerprint density at radius 1 is 0.846 bits per heavy atom. The Balaban J connectivity index is 1.19. The van der Waals surface area contributed by atoms with Crippen molar-refractivity contribution in [2.24, 2.45) is 0 Å². The van der Waals surface area contributed by atoms with Crippen LogP contribution >= 0.6 is 0 Å². The second-order valence-corrected chi connectivity index (χ2v) is 9.76. The van der Waals surface area contributed by atoms with Gasteiger partial charge in [0.1, 0.15) is 23.8 Å². The van der Waals surface area contributed by atoms with Gasteiger partial charge in [-0.25, -0.2) is 4.68 Å². The highest BCUT2D eigenvalue weighted by Gasteiger charge is 2.14. The summed E-state index contributed by atoms with van der Waals surface area (Å²) >= 11 is 0. The molecule has 0 atom stereocenters. The summed E-state index contributed by atoms with van der Waals surface area (Å²) in [4.78, 5) is 4.59. The van der Waals surface area contributed by atoms with E-state index in [2.05, 4.69) is 75.3 Å². The number of nitrogens with zero attached hydrogens (tertiary/aromatic N) is 5. The van der Waals surface area contributed by atoms with Crippen molar-refractivity contribution in [2.45, 2.75) is 39.5 Å². The average molecular weight is 518 g/mol. The molecule has 0 saturated heterocycles. The first-order chi connectivity index (χ1) is 19.2. The Kier molecular flexibility index (Phi) is 6.95. The monoisotopic (exact) mass is 517 g/mol. The Bertz CT molecular complexity index is 1700. The zero-order chi connectivity index (χ0) is 26.6. The van der Waals surface area contributed by atoms with Crippen LogP contribution in [0.2, 0.25) is 0 Å². The van der Waals surface area contributed by atoms with Crippen LogP contribution in [-0.2, 0) is 26.1 Å². The summed E-state index contributed by atoms with van der Waals surface area (Å²) in [6, 6.07) is 27.0. The molecule has 0 aliphatic heterocycles. The van der Waals surface area contributed by atoms with Crippen molar-refractivity contribution in [1.29, 1.82) is 0 Å². The maximum Gasteiger partial charge on any atom is 0.134 e. The standard InChI is InChI=1S/C32H31N5O2/c1-23-32-30(16-17-33-23)29-15-14-28(19-31(29)37(32)18-6-9-24-7-4-3-5-8-24)39-22-26-21-36(35-34-26)20-25-10-12-27(38-2)13-11-25/h3-5,7-8,10-17,19,21H,6,9,18,20,22H2,1-2H3. The Morgan fingerprint density at radius 2 is 1.67 bits per heavy atom. The van der Waals surface area contributed by atoms with Crippen LogP contribution in [0.25, 0.3) is 21.8 Å². The smallest absolute Gasteiger partial charge is 0.134 e. The van der Waals surface area contributed by atoms with Gasteiger partial charge in [0.15, 0.2) is 0 Å². The number of fused-ring (bicyclic) bond motifs is 3. The zero-order valence-electron chi connectivity index (χ0n) is 22.2. The molecule has 0 spiro atoms. The molecule has 3 heterocycles. The number of methoxy groups -OCH3 is 1. The van der Waals surface area contributed by atoms with Gasteiger partial charge in [-0.15, -0.1) is 5.10 Å². The van der Waals surface area contributed by atoms with Gasteiger partial charge in [-0.2, -0.15) is 0 Å². The SMILES string of the molecule is COc1ccc(Cn2cc(COc3ccc4c5ccnc(C)c5n(CCCc5ccccc5)c4c3)nn2)cc1. The summed E-state index contributed by atoms with van der Waals surface area (Å²) in [6.07, 6.45) is 5.90. The minimum absolute atomic E-state index is 0.350. The van der Waals surface area contributed by atoms with Crippen molar-refractivity contribution >= 4 is 21.8 Å². The summed E-state index contributed by atoms with van der Waals surface area (Å²) in [5.41, 5.74) is 6.67. The summed E-state index contributed by atoms with van der Waals surface area (Å²) < 4.78 is 15.6. The minimum atomic E-state index is 0.350. The zero-order valence-corrected chi connectivity index (χ0v) is 22.2. The topological polar surface area (TPSA) is 67.0 Å². The number of hydrogen-bond donors (Lipinski definition) is 0. The highest BCUT2D eigenvalue weighted by Crippen LogP contribution is 2.33. The van der Waals surface area contributed by atoms with E-state index in [1.165, 1.54) is 21.9 Å². The quantitative estimate of drug-likeness (QED) is 0.212. The summed E-state index contributed by atoms with van der Waals surface area (Å²) in [6.45, 7) is 3.98. The van der Waals surface area contributed by atoms with Gasteiger partial charge in [0, 0.05) is 29.6 Å².